The SMILES string of the molecule is COc1cccc(CN2CCC(N3CCC(C)CC3)CC2)c1OC. The zero-order chi connectivity index (χ0) is 16.9. The summed E-state index contributed by atoms with van der Waals surface area (Å²) in [7, 11) is 3.43. The Hall–Kier alpha value is -1.26. The molecule has 4 heteroatoms. The summed E-state index contributed by atoms with van der Waals surface area (Å²) in [6.07, 6.45) is 5.34. The molecule has 0 aliphatic carbocycles. The van der Waals surface area contributed by atoms with Gasteiger partial charge in [-0.2, -0.15) is 0 Å². The van der Waals surface area contributed by atoms with E-state index in [1.165, 1.54) is 57.4 Å². The number of rotatable bonds is 5. The normalized spacial score (nSPS) is 21.8. The van der Waals surface area contributed by atoms with Crippen molar-refractivity contribution in [3.63, 3.8) is 0 Å². The van der Waals surface area contributed by atoms with Gasteiger partial charge in [-0.25, -0.2) is 0 Å². The number of nitrogens with zero attached hydrogens (tertiary/aromatic N) is 2. The second kappa shape index (κ2) is 8.21. The lowest BCUT2D eigenvalue weighted by molar-refractivity contribution is 0.0776. The van der Waals surface area contributed by atoms with Crippen molar-refractivity contribution in [3.05, 3.63) is 23.8 Å². The highest BCUT2D eigenvalue weighted by molar-refractivity contribution is 5.46. The number of methoxy groups -OCH3 is 2. The molecule has 2 aliphatic heterocycles. The van der Waals surface area contributed by atoms with Crippen molar-refractivity contribution in [3.8, 4) is 11.5 Å². The summed E-state index contributed by atoms with van der Waals surface area (Å²) in [6.45, 7) is 8.30. The fourth-order valence-electron chi connectivity index (χ4n) is 4.16. The van der Waals surface area contributed by atoms with Crippen LogP contribution in [-0.4, -0.2) is 56.2 Å². The molecule has 2 heterocycles. The minimum atomic E-state index is 0.793. The first kappa shape index (κ1) is 17.6. The van der Waals surface area contributed by atoms with E-state index in [2.05, 4.69) is 28.9 Å². The molecule has 0 spiro atoms. The van der Waals surface area contributed by atoms with Crippen LogP contribution >= 0.6 is 0 Å². The molecule has 2 saturated heterocycles. The first-order valence-electron chi connectivity index (χ1n) is 9.37. The molecule has 2 aliphatic rings. The van der Waals surface area contributed by atoms with Crippen LogP contribution in [0.15, 0.2) is 18.2 Å². The third kappa shape index (κ3) is 4.04. The third-order valence-electron chi connectivity index (χ3n) is 5.77. The van der Waals surface area contributed by atoms with E-state index in [1.807, 2.05) is 6.07 Å². The molecule has 0 amide bonds. The topological polar surface area (TPSA) is 24.9 Å². The second-order valence-corrected chi connectivity index (χ2v) is 7.38. The first-order chi connectivity index (χ1) is 11.7. The van der Waals surface area contributed by atoms with E-state index in [-0.39, 0.29) is 0 Å². The van der Waals surface area contributed by atoms with Crippen molar-refractivity contribution in [1.29, 1.82) is 0 Å². The Morgan fingerprint density at radius 2 is 1.67 bits per heavy atom. The average molecular weight is 332 g/mol. The van der Waals surface area contributed by atoms with Gasteiger partial charge in [0.15, 0.2) is 11.5 Å². The molecular formula is C20H32N2O2. The summed E-state index contributed by atoms with van der Waals surface area (Å²) in [5.41, 5.74) is 1.22. The minimum Gasteiger partial charge on any atom is -0.493 e. The van der Waals surface area contributed by atoms with Crippen LogP contribution in [0.4, 0.5) is 0 Å². The zero-order valence-electron chi connectivity index (χ0n) is 15.5. The van der Waals surface area contributed by atoms with Crippen molar-refractivity contribution >= 4 is 0 Å². The van der Waals surface area contributed by atoms with Crippen LogP contribution in [0.3, 0.4) is 0 Å². The Kier molecular flexibility index (Phi) is 6.01. The smallest absolute Gasteiger partial charge is 0.165 e. The predicted octanol–water partition coefficient (Wildman–Crippen LogP) is 3.40. The van der Waals surface area contributed by atoms with E-state index >= 15 is 0 Å². The van der Waals surface area contributed by atoms with Gasteiger partial charge < -0.3 is 14.4 Å². The van der Waals surface area contributed by atoms with Crippen LogP contribution in [0.2, 0.25) is 0 Å². The Balaban J connectivity index is 1.54. The van der Waals surface area contributed by atoms with Crippen molar-refractivity contribution in [2.24, 2.45) is 5.92 Å². The molecule has 1 aromatic carbocycles. The molecule has 0 aromatic heterocycles. The highest BCUT2D eigenvalue weighted by atomic mass is 16.5. The van der Waals surface area contributed by atoms with E-state index in [0.717, 1.165) is 30.0 Å². The summed E-state index contributed by atoms with van der Waals surface area (Å²) in [6, 6.07) is 6.96. The summed E-state index contributed by atoms with van der Waals surface area (Å²) in [5, 5.41) is 0. The molecule has 0 unspecified atom stereocenters. The number of para-hydroxylation sites is 1. The van der Waals surface area contributed by atoms with Crippen molar-refractivity contribution in [1.82, 2.24) is 9.80 Å². The van der Waals surface area contributed by atoms with Crippen molar-refractivity contribution in [2.75, 3.05) is 40.4 Å². The summed E-state index contributed by atoms with van der Waals surface area (Å²) in [4.78, 5) is 5.30. The molecule has 0 saturated carbocycles. The Bertz CT molecular complexity index is 518. The molecule has 0 radical (unpaired) electrons. The molecule has 24 heavy (non-hydrogen) atoms. The maximum absolute atomic E-state index is 5.58. The quantitative estimate of drug-likeness (QED) is 0.825. The van der Waals surface area contributed by atoms with E-state index < -0.39 is 0 Å². The minimum absolute atomic E-state index is 0.793. The Morgan fingerprint density at radius 1 is 0.958 bits per heavy atom. The molecule has 0 N–H and O–H groups in total. The van der Waals surface area contributed by atoms with Gasteiger partial charge in [-0.15, -0.1) is 0 Å². The molecule has 134 valence electrons. The summed E-state index contributed by atoms with van der Waals surface area (Å²) < 4.78 is 11.0. The van der Waals surface area contributed by atoms with Gasteiger partial charge in [-0.3, -0.25) is 4.90 Å². The lowest BCUT2D eigenvalue weighted by atomic mass is 9.95. The molecule has 3 rings (SSSR count). The maximum Gasteiger partial charge on any atom is 0.165 e. The fraction of sp³-hybridized carbons (Fsp3) is 0.700. The van der Waals surface area contributed by atoms with Crippen LogP contribution in [0.1, 0.15) is 38.2 Å². The van der Waals surface area contributed by atoms with Gasteiger partial charge >= 0.3 is 0 Å². The maximum atomic E-state index is 5.58. The van der Waals surface area contributed by atoms with Crippen LogP contribution in [0.25, 0.3) is 0 Å². The third-order valence-corrected chi connectivity index (χ3v) is 5.77. The molecule has 1 aromatic rings. The van der Waals surface area contributed by atoms with Gasteiger partial charge in [0.25, 0.3) is 0 Å². The van der Waals surface area contributed by atoms with Crippen LogP contribution in [0.5, 0.6) is 11.5 Å². The number of benzene rings is 1. The van der Waals surface area contributed by atoms with Gasteiger partial charge in [0, 0.05) is 18.2 Å². The second-order valence-electron chi connectivity index (χ2n) is 7.38. The largest absolute Gasteiger partial charge is 0.493 e. The van der Waals surface area contributed by atoms with Gasteiger partial charge in [0.1, 0.15) is 0 Å². The number of ether oxygens (including phenoxy) is 2. The lowest BCUT2D eigenvalue weighted by Crippen LogP contribution is -2.47. The van der Waals surface area contributed by atoms with Crippen LogP contribution in [0, 0.1) is 5.92 Å². The molecule has 2 fully saturated rings. The van der Waals surface area contributed by atoms with E-state index in [1.54, 1.807) is 14.2 Å². The summed E-state index contributed by atoms with van der Waals surface area (Å²) >= 11 is 0. The first-order valence-corrected chi connectivity index (χ1v) is 9.37. The molecular weight excluding hydrogens is 300 g/mol. The van der Waals surface area contributed by atoms with Crippen molar-refractivity contribution in [2.45, 2.75) is 45.2 Å². The van der Waals surface area contributed by atoms with Gasteiger partial charge in [0.2, 0.25) is 0 Å². The Labute approximate surface area is 146 Å². The average Bonchev–Trinajstić information content (AvgIpc) is 2.63. The molecule has 0 atom stereocenters. The lowest BCUT2D eigenvalue weighted by Gasteiger charge is -2.41. The van der Waals surface area contributed by atoms with E-state index in [9.17, 15) is 0 Å². The molecule has 4 nitrogen and oxygen atoms in total. The standard InChI is InChI=1S/C20H32N2O2/c1-16-7-13-22(14-8-16)18-9-11-21(12-10-18)15-17-5-4-6-19(23-2)20(17)24-3/h4-6,16,18H,7-15H2,1-3H3. The number of piperidine rings is 2. The van der Waals surface area contributed by atoms with E-state index in [4.69, 9.17) is 9.47 Å². The zero-order valence-corrected chi connectivity index (χ0v) is 15.5. The highest BCUT2D eigenvalue weighted by Gasteiger charge is 2.27. The number of likely N-dealkylation sites (tertiary alicyclic amines) is 2. The number of hydrogen-bond donors (Lipinski definition) is 0. The fourth-order valence-corrected chi connectivity index (χ4v) is 4.16. The number of hydrogen-bond acceptors (Lipinski definition) is 4. The van der Waals surface area contributed by atoms with Crippen LogP contribution in [-0.2, 0) is 6.54 Å². The Morgan fingerprint density at radius 3 is 2.29 bits per heavy atom. The predicted molar refractivity (Wildman–Crippen MR) is 97.8 cm³/mol. The van der Waals surface area contributed by atoms with Crippen molar-refractivity contribution < 1.29 is 9.47 Å². The monoisotopic (exact) mass is 332 g/mol. The molecule has 0 bridgehead atoms. The van der Waals surface area contributed by atoms with Gasteiger partial charge in [0.05, 0.1) is 14.2 Å². The van der Waals surface area contributed by atoms with E-state index in [0.29, 0.717) is 0 Å². The highest BCUT2D eigenvalue weighted by Crippen LogP contribution is 2.32. The summed E-state index contributed by atoms with van der Waals surface area (Å²) in [5.74, 6) is 2.63. The van der Waals surface area contributed by atoms with Crippen LogP contribution < -0.4 is 9.47 Å². The van der Waals surface area contributed by atoms with Gasteiger partial charge in [-0.05, 0) is 63.8 Å². The van der Waals surface area contributed by atoms with Gasteiger partial charge in [-0.1, -0.05) is 19.1 Å².